The van der Waals surface area contributed by atoms with E-state index in [0.717, 1.165) is 6.29 Å². The van der Waals surface area contributed by atoms with Gasteiger partial charge in [-0.1, -0.05) is 30.3 Å². The van der Waals surface area contributed by atoms with Gasteiger partial charge in [0.05, 0.1) is 6.10 Å². The Morgan fingerprint density at radius 1 is 1.46 bits per heavy atom. The minimum absolute atomic E-state index is 0.463. The lowest BCUT2D eigenvalue weighted by molar-refractivity contribution is 0.111. The van der Waals surface area contributed by atoms with Crippen molar-refractivity contribution >= 4 is 6.29 Å². The largest absolute Gasteiger partial charge is 0.388 e. The summed E-state index contributed by atoms with van der Waals surface area (Å²) in [5.74, 6) is 0. The van der Waals surface area contributed by atoms with Crippen LogP contribution in [-0.2, 0) is 0 Å². The van der Waals surface area contributed by atoms with Crippen molar-refractivity contribution in [2.75, 3.05) is 0 Å². The first kappa shape index (κ1) is 9.68. The summed E-state index contributed by atoms with van der Waals surface area (Å²) in [6.45, 7) is 3.53. The van der Waals surface area contributed by atoms with Crippen LogP contribution < -0.4 is 0 Å². The van der Waals surface area contributed by atoms with Gasteiger partial charge in [-0.2, -0.15) is 0 Å². The number of carbonyl (C=O) groups is 1. The van der Waals surface area contributed by atoms with Crippen molar-refractivity contribution in [3.05, 3.63) is 48.0 Å². The molecule has 68 valence electrons. The number of aldehydes is 1. The zero-order valence-electron chi connectivity index (χ0n) is 7.31. The van der Waals surface area contributed by atoms with E-state index in [-0.39, 0.29) is 0 Å². The van der Waals surface area contributed by atoms with Gasteiger partial charge in [0.15, 0.2) is 0 Å². The average molecular weight is 176 g/mol. The van der Waals surface area contributed by atoms with Crippen LogP contribution in [0, 0.1) is 0 Å². The molecule has 1 N–H and O–H groups in total. The molecule has 0 aromatic heterocycles. The normalized spacial score (nSPS) is 12.1. The lowest BCUT2D eigenvalue weighted by atomic mass is 10.0. The molecule has 0 saturated carbocycles. The molecule has 2 nitrogen and oxygen atoms in total. The van der Waals surface area contributed by atoms with Gasteiger partial charge >= 0.3 is 0 Å². The van der Waals surface area contributed by atoms with Crippen LogP contribution in [0.4, 0.5) is 0 Å². The lowest BCUT2D eigenvalue weighted by Gasteiger charge is -2.09. The monoisotopic (exact) mass is 176 g/mol. The molecule has 1 rings (SSSR count). The number of benzene rings is 1. The molecule has 13 heavy (non-hydrogen) atoms. The molecule has 0 heterocycles. The minimum atomic E-state index is -0.626. The Kier molecular flexibility index (Phi) is 3.41. The molecule has 2 heteroatoms. The molecular formula is C11H12O2. The fourth-order valence-corrected chi connectivity index (χ4v) is 1.21. The second-order valence-electron chi connectivity index (χ2n) is 2.79. The molecular weight excluding hydrogens is 164 g/mol. The van der Waals surface area contributed by atoms with E-state index in [9.17, 15) is 9.90 Å². The predicted molar refractivity (Wildman–Crippen MR) is 51.6 cm³/mol. The third-order valence-electron chi connectivity index (χ3n) is 1.87. The number of rotatable bonds is 4. The summed E-state index contributed by atoms with van der Waals surface area (Å²) in [5, 5.41) is 9.60. The molecule has 0 aliphatic rings. The maximum atomic E-state index is 10.6. The predicted octanol–water partition coefficient (Wildman–Crippen LogP) is 2.11. The molecule has 0 radical (unpaired) electrons. The Morgan fingerprint density at radius 2 is 2.15 bits per heavy atom. The Labute approximate surface area is 77.5 Å². The highest BCUT2D eigenvalue weighted by atomic mass is 16.3. The van der Waals surface area contributed by atoms with Crippen LogP contribution in [0.1, 0.15) is 28.4 Å². The van der Waals surface area contributed by atoms with E-state index in [2.05, 4.69) is 6.58 Å². The summed E-state index contributed by atoms with van der Waals surface area (Å²) in [6.07, 6.45) is 2.22. The van der Waals surface area contributed by atoms with Gasteiger partial charge in [0.25, 0.3) is 0 Å². The second kappa shape index (κ2) is 4.58. The summed E-state index contributed by atoms with van der Waals surface area (Å²) in [6, 6.07) is 7.01. The molecule has 1 aromatic carbocycles. The number of hydrogen-bond acceptors (Lipinski definition) is 2. The minimum Gasteiger partial charge on any atom is -0.388 e. The molecule has 0 saturated heterocycles. The van der Waals surface area contributed by atoms with E-state index in [1.54, 1.807) is 30.3 Å². The van der Waals surface area contributed by atoms with Crippen molar-refractivity contribution in [3.8, 4) is 0 Å². The smallest absolute Gasteiger partial charge is 0.150 e. The van der Waals surface area contributed by atoms with Gasteiger partial charge in [-0.15, -0.1) is 6.58 Å². The molecule has 1 unspecified atom stereocenters. The third-order valence-corrected chi connectivity index (χ3v) is 1.87. The summed E-state index contributed by atoms with van der Waals surface area (Å²) in [4.78, 5) is 10.6. The topological polar surface area (TPSA) is 37.3 Å². The first-order valence-electron chi connectivity index (χ1n) is 4.12. The van der Waals surface area contributed by atoms with Crippen LogP contribution in [0.15, 0.2) is 36.9 Å². The first-order chi connectivity index (χ1) is 6.29. The Hall–Kier alpha value is -1.41. The van der Waals surface area contributed by atoms with E-state index in [1.807, 2.05) is 0 Å². The maximum absolute atomic E-state index is 10.6. The van der Waals surface area contributed by atoms with Crippen molar-refractivity contribution < 1.29 is 9.90 Å². The van der Waals surface area contributed by atoms with Gasteiger partial charge in [0, 0.05) is 5.56 Å². The van der Waals surface area contributed by atoms with Crippen LogP contribution in [0.3, 0.4) is 0 Å². The van der Waals surface area contributed by atoms with E-state index in [1.165, 1.54) is 0 Å². The molecule has 0 fully saturated rings. The van der Waals surface area contributed by atoms with Crippen LogP contribution in [0.2, 0.25) is 0 Å². The van der Waals surface area contributed by atoms with Gasteiger partial charge in [-0.05, 0) is 12.0 Å². The molecule has 0 spiro atoms. The quantitative estimate of drug-likeness (QED) is 0.563. The van der Waals surface area contributed by atoms with E-state index in [4.69, 9.17) is 0 Å². The standard InChI is InChI=1S/C11H12O2/c1-2-5-11(13)10-7-4-3-6-9(10)8-12/h2-4,6-8,11,13H,1,5H2. The highest BCUT2D eigenvalue weighted by molar-refractivity contribution is 5.77. The van der Waals surface area contributed by atoms with Gasteiger partial charge in [-0.25, -0.2) is 0 Å². The Morgan fingerprint density at radius 3 is 2.77 bits per heavy atom. The zero-order valence-corrected chi connectivity index (χ0v) is 7.31. The molecule has 0 aliphatic carbocycles. The Balaban J connectivity index is 2.97. The highest BCUT2D eigenvalue weighted by Gasteiger charge is 2.08. The molecule has 1 aromatic rings. The fraction of sp³-hybridized carbons (Fsp3) is 0.182. The van der Waals surface area contributed by atoms with Gasteiger partial charge < -0.3 is 5.11 Å². The summed E-state index contributed by atoms with van der Waals surface area (Å²) in [7, 11) is 0. The van der Waals surface area contributed by atoms with E-state index in [0.29, 0.717) is 17.5 Å². The number of carbonyl (C=O) groups excluding carboxylic acids is 1. The van der Waals surface area contributed by atoms with E-state index >= 15 is 0 Å². The highest BCUT2D eigenvalue weighted by Crippen LogP contribution is 2.19. The van der Waals surface area contributed by atoms with Crippen molar-refractivity contribution in [1.82, 2.24) is 0 Å². The van der Waals surface area contributed by atoms with Crippen molar-refractivity contribution in [1.29, 1.82) is 0 Å². The van der Waals surface area contributed by atoms with Crippen molar-refractivity contribution in [2.45, 2.75) is 12.5 Å². The fourth-order valence-electron chi connectivity index (χ4n) is 1.21. The first-order valence-corrected chi connectivity index (χ1v) is 4.12. The average Bonchev–Trinajstić information content (AvgIpc) is 2.18. The SMILES string of the molecule is C=CCC(O)c1ccccc1C=O. The zero-order chi connectivity index (χ0) is 9.68. The number of aliphatic hydroxyl groups excluding tert-OH is 1. The molecule has 0 aliphatic heterocycles. The maximum Gasteiger partial charge on any atom is 0.150 e. The third kappa shape index (κ3) is 2.26. The van der Waals surface area contributed by atoms with Crippen LogP contribution >= 0.6 is 0 Å². The van der Waals surface area contributed by atoms with Crippen molar-refractivity contribution in [3.63, 3.8) is 0 Å². The summed E-state index contributed by atoms with van der Waals surface area (Å²) < 4.78 is 0. The van der Waals surface area contributed by atoms with Crippen molar-refractivity contribution in [2.24, 2.45) is 0 Å². The van der Waals surface area contributed by atoms with Gasteiger partial charge in [0.1, 0.15) is 6.29 Å². The number of aliphatic hydroxyl groups is 1. The summed E-state index contributed by atoms with van der Waals surface area (Å²) in [5.41, 5.74) is 1.20. The summed E-state index contributed by atoms with van der Waals surface area (Å²) >= 11 is 0. The second-order valence-corrected chi connectivity index (χ2v) is 2.79. The molecule has 0 amide bonds. The van der Waals surface area contributed by atoms with Gasteiger partial charge in [-0.3, -0.25) is 4.79 Å². The van der Waals surface area contributed by atoms with Crippen LogP contribution in [-0.4, -0.2) is 11.4 Å². The molecule has 0 bridgehead atoms. The van der Waals surface area contributed by atoms with Gasteiger partial charge in [0.2, 0.25) is 0 Å². The Bertz CT molecular complexity index is 305. The van der Waals surface area contributed by atoms with Crippen LogP contribution in [0.25, 0.3) is 0 Å². The molecule has 1 atom stereocenters. The number of hydrogen-bond donors (Lipinski definition) is 1. The van der Waals surface area contributed by atoms with Crippen LogP contribution in [0.5, 0.6) is 0 Å². The van der Waals surface area contributed by atoms with E-state index < -0.39 is 6.10 Å². The lowest BCUT2D eigenvalue weighted by Crippen LogP contribution is -1.99.